The number of nitrogens with zero attached hydrogens (tertiary/aromatic N) is 3. The smallest absolute Gasteiger partial charge is 0.240 e. The number of fused-ring (bicyclic) bond motifs is 1. The van der Waals surface area contributed by atoms with Crippen LogP contribution < -0.4 is 0 Å². The van der Waals surface area contributed by atoms with Crippen molar-refractivity contribution in [3.63, 3.8) is 0 Å². The molecule has 0 N–H and O–H groups in total. The van der Waals surface area contributed by atoms with Gasteiger partial charge in [-0.3, -0.25) is 9.67 Å². The lowest BCUT2D eigenvalue weighted by molar-refractivity contribution is 0.546. The number of hydrogen-bond acceptors (Lipinski definition) is 2. The quantitative estimate of drug-likeness (QED) is 0.727. The van der Waals surface area contributed by atoms with Crippen molar-refractivity contribution in [2.75, 3.05) is 0 Å². The molecule has 0 aliphatic heterocycles. The Morgan fingerprint density at radius 3 is 2.80 bits per heavy atom. The fourth-order valence-electron chi connectivity index (χ4n) is 2.55. The van der Waals surface area contributed by atoms with E-state index in [1.54, 1.807) is 10.7 Å². The first kappa shape index (κ1) is 11.6. The molecule has 0 saturated heterocycles. The van der Waals surface area contributed by atoms with E-state index >= 15 is 0 Å². The standard InChI is InChI=1S/C16H14FN3/c17-16-13-5-1-2-7-15(13)20(19-16)10-12-4-3-6-14(18-12)11-8-9-11/h1-7,11H,8-10H2. The van der Waals surface area contributed by atoms with Crippen molar-refractivity contribution in [3.8, 4) is 0 Å². The van der Waals surface area contributed by atoms with Gasteiger partial charge < -0.3 is 0 Å². The highest BCUT2D eigenvalue weighted by atomic mass is 19.1. The fourth-order valence-corrected chi connectivity index (χ4v) is 2.55. The molecule has 1 aromatic carbocycles. The number of aromatic nitrogens is 3. The maximum absolute atomic E-state index is 13.8. The Balaban J connectivity index is 1.72. The van der Waals surface area contributed by atoms with Gasteiger partial charge in [-0.1, -0.05) is 18.2 Å². The van der Waals surface area contributed by atoms with E-state index in [4.69, 9.17) is 0 Å². The Hall–Kier alpha value is -2.23. The summed E-state index contributed by atoms with van der Waals surface area (Å²) in [5.74, 6) is 0.208. The van der Waals surface area contributed by atoms with Gasteiger partial charge in [0.1, 0.15) is 0 Å². The number of hydrogen-bond donors (Lipinski definition) is 0. The van der Waals surface area contributed by atoms with Gasteiger partial charge in [-0.25, -0.2) is 0 Å². The van der Waals surface area contributed by atoms with Crippen LogP contribution in [-0.4, -0.2) is 14.8 Å². The summed E-state index contributed by atoms with van der Waals surface area (Å²) >= 11 is 0. The van der Waals surface area contributed by atoms with Crippen LogP contribution in [0.5, 0.6) is 0 Å². The number of halogens is 1. The van der Waals surface area contributed by atoms with Crippen molar-refractivity contribution in [1.82, 2.24) is 14.8 Å². The number of para-hydroxylation sites is 1. The van der Waals surface area contributed by atoms with Gasteiger partial charge >= 0.3 is 0 Å². The summed E-state index contributed by atoms with van der Waals surface area (Å²) in [6, 6.07) is 13.4. The Labute approximate surface area is 116 Å². The van der Waals surface area contributed by atoms with Crippen LogP contribution in [0.25, 0.3) is 10.9 Å². The third-order valence-electron chi connectivity index (χ3n) is 3.75. The predicted octanol–water partition coefficient (Wildman–Crippen LogP) is 3.50. The van der Waals surface area contributed by atoms with E-state index in [-0.39, 0.29) is 0 Å². The van der Waals surface area contributed by atoms with Crippen LogP contribution in [0.2, 0.25) is 0 Å². The van der Waals surface area contributed by atoms with E-state index in [0.717, 1.165) is 16.9 Å². The zero-order chi connectivity index (χ0) is 13.5. The largest absolute Gasteiger partial charge is 0.256 e. The Bertz CT molecular complexity index is 774. The van der Waals surface area contributed by atoms with Gasteiger partial charge in [0.2, 0.25) is 5.95 Å². The van der Waals surface area contributed by atoms with Gasteiger partial charge in [-0.2, -0.15) is 4.39 Å². The average molecular weight is 267 g/mol. The van der Waals surface area contributed by atoms with Crippen LogP contribution >= 0.6 is 0 Å². The summed E-state index contributed by atoms with van der Waals surface area (Å²) in [6.45, 7) is 0.505. The summed E-state index contributed by atoms with van der Waals surface area (Å²) < 4.78 is 15.5. The number of benzene rings is 1. The van der Waals surface area contributed by atoms with E-state index in [9.17, 15) is 4.39 Å². The van der Waals surface area contributed by atoms with Gasteiger partial charge in [0.05, 0.1) is 23.1 Å². The molecule has 4 heteroatoms. The lowest BCUT2D eigenvalue weighted by atomic mass is 10.2. The van der Waals surface area contributed by atoms with Crippen LogP contribution in [0, 0.1) is 5.95 Å². The molecule has 4 rings (SSSR count). The highest BCUT2D eigenvalue weighted by molar-refractivity contribution is 5.79. The Kier molecular flexibility index (Phi) is 2.55. The molecule has 3 aromatic rings. The molecule has 2 heterocycles. The first-order chi connectivity index (χ1) is 9.81. The van der Waals surface area contributed by atoms with Crippen LogP contribution in [0.1, 0.15) is 30.1 Å². The molecule has 1 fully saturated rings. The van der Waals surface area contributed by atoms with Gasteiger partial charge in [-0.15, -0.1) is 5.10 Å². The minimum atomic E-state index is -0.418. The lowest BCUT2D eigenvalue weighted by Gasteiger charge is -2.05. The third-order valence-corrected chi connectivity index (χ3v) is 3.75. The summed E-state index contributed by atoms with van der Waals surface area (Å²) in [6.07, 6.45) is 2.46. The molecule has 0 bridgehead atoms. The van der Waals surface area contributed by atoms with Crippen LogP contribution in [0.15, 0.2) is 42.5 Å². The molecular weight excluding hydrogens is 253 g/mol. The number of rotatable bonds is 3. The Morgan fingerprint density at radius 2 is 1.95 bits per heavy atom. The van der Waals surface area contributed by atoms with Gasteiger partial charge in [0.15, 0.2) is 0 Å². The number of pyridine rings is 1. The summed E-state index contributed by atoms with van der Waals surface area (Å²) in [4.78, 5) is 4.66. The van der Waals surface area contributed by atoms with E-state index < -0.39 is 5.95 Å². The second-order valence-corrected chi connectivity index (χ2v) is 5.29. The molecular formula is C16H14FN3. The monoisotopic (exact) mass is 267 g/mol. The molecule has 0 radical (unpaired) electrons. The molecule has 1 aliphatic rings. The molecule has 1 saturated carbocycles. The van der Waals surface area contributed by atoms with Gasteiger partial charge in [-0.05, 0) is 37.1 Å². The molecule has 100 valence electrons. The lowest BCUT2D eigenvalue weighted by Crippen LogP contribution is -2.04. The third kappa shape index (κ3) is 1.97. The normalized spacial score (nSPS) is 14.8. The van der Waals surface area contributed by atoms with E-state index in [0.29, 0.717) is 17.8 Å². The maximum Gasteiger partial charge on any atom is 0.240 e. The zero-order valence-electron chi connectivity index (χ0n) is 11.0. The Morgan fingerprint density at radius 1 is 1.10 bits per heavy atom. The van der Waals surface area contributed by atoms with Crippen molar-refractivity contribution in [2.24, 2.45) is 0 Å². The topological polar surface area (TPSA) is 30.7 Å². The van der Waals surface area contributed by atoms with Crippen molar-refractivity contribution >= 4 is 10.9 Å². The second-order valence-electron chi connectivity index (χ2n) is 5.29. The zero-order valence-corrected chi connectivity index (χ0v) is 11.0. The highest BCUT2D eigenvalue weighted by Gasteiger charge is 2.24. The first-order valence-corrected chi connectivity index (χ1v) is 6.88. The van der Waals surface area contributed by atoms with Crippen LogP contribution in [0.4, 0.5) is 4.39 Å². The maximum atomic E-state index is 13.8. The highest BCUT2D eigenvalue weighted by Crippen LogP contribution is 2.38. The average Bonchev–Trinajstić information content (AvgIpc) is 3.27. The van der Waals surface area contributed by atoms with Crippen molar-refractivity contribution in [1.29, 1.82) is 0 Å². The van der Waals surface area contributed by atoms with Crippen LogP contribution in [-0.2, 0) is 6.54 Å². The molecule has 3 nitrogen and oxygen atoms in total. The minimum absolute atomic E-state index is 0.418. The SMILES string of the molecule is Fc1nn(Cc2cccc(C3CC3)n2)c2ccccc12. The molecule has 0 unspecified atom stereocenters. The molecule has 1 aliphatic carbocycles. The summed E-state index contributed by atoms with van der Waals surface area (Å²) in [5, 5.41) is 4.55. The minimum Gasteiger partial charge on any atom is -0.256 e. The molecule has 0 spiro atoms. The summed E-state index contributed by atoms with van der Waals surface area (Å²) in [5.41, 5.74) is 2.89. The first-order valence-electron chi connectivity index (χ1n) is 6.88. The van der Waals surface area contributed by atoms with Crippen molar-refractivity contribution in [2.45, 2.75) is 25.3 Å². The summed E-state index contributed by atoms with van der Waals surface area (Å²) in [7, 11) is 0. The van der Waals surface area contributed by atoms with Crippen LogP contribution in [0.3, 0.4) is 0 Å². The molecule has 20 heavy (non-hydrogen) atoms. The van der Waals surface area contributed by atoms with Crippen molar-refractivity contribution < 1.29 is 4.39 Å². The molecule has 0 atom stereocenters. The van der Waals surface area contributed by atoms with E-state index in [1.807, 2.05) is 30.3 Å². The van der Waals surface area contributed by atoms with E-state index in [2.05, 4.69) is 16.1 Å². The van der Waals surface area contributed by atoms with Gasteiger partial charge in [0.25, 0.3) is 0 Å². The molecule has 2 aromatic heterocycles. The van der Waals surface area contributed by atoms with E-state index in [1.165, 1.54) is 12.8 Å². The van der Waals surface area contributed by atoms with Gasteiger partial charge in [0, 0.05) is 11.6 Å². The predicted molar refractivity (Wildman–Crippen MR) is 75.0 cm³/mol. The fraction of sp³-hybridized carbons (Fsp3) is 0.250. The van der Waals surface area contributed by atoms with Crippen molar-refractivity contribution in [3.05, 3.63) is 59.8 Å². The molecule has 0 amide bonds. The second kappa shape index (κ2) is 4.40.